The Balaban J connectivity index is 1.66. The molecule has 0 fully saturated rings. The van der Waals surface area contributed by atoms with Gasteiger partial charge in [-0.25, -0.2) is 0 Å². The van der Waals surface area contributed by atoms with E-state index in [-0.39, 0.29) is 18.2 Å². The van der Waals surface area contributed by atoms with E-state index in [9.17, 15) is 14.7 Å². The highest BCUT2D eigenvalue weighted by atomic mass is 32.2. The Kier molecular flexibility index (Phi) is 5.28. The SMILES string of the molecule is CCOc1ccc(SCC(=O)N2CC(C(=O)O)c3ccccc32)cc1. The molecule has 0 aromatic heterocycles. The molecule has 2 aromatic rings. The van der Waals surface area contributed by atoms with Crippen LogP contribution in [0.5, 0.6) is 5.75 Å². The third-order valence-electron chi connectivity index (χ3n) is 4.06. The fourth-order valence-electron chi connectivity index (χ4n) is 2.88. The van der Waals surface area contributed by atoms with E-state index in [1.54, 1.807) is 23.1 Å². The zero-order chi connectivity index (χ0) is 17.8. The highest BCUT2D eigenvalue weighted by molar-refractivity contribution is 8.00. The van der Waals surface area contributed by atoms with Crippen molar-refractivity contribution >= 4 is 29.3 Å². The molecule has 0 bridgehead atoms. The molecule has 0 saturated heterocycles. The van der Waals surface area contributed by atoms with Crippen molar-refractivity contribution in [2.24, 2.45) is 0 Å². The maximum Gasteiger partial charge on any atom is 0.312 e. The molecule has 1 amide bonds. The van der Waals surface area contributed by atoms with Gasteiger partial charge in [0.2, 0.25) is 5.91 Å². The summed E-state index contributed by atoms with van der Waals surface area (Å²) in [6, 6.07) is 14.8. The van der Waals surface area contributed by atoms with E-state index in [4.69, 9.17) is 4.74 Å². The molecule has 6 heteroatoms. The molecule has 130 valence electrons. The molecular formula is C19H19NO4S. The summed E-state index contributed by atoms with van der Waals surface area (Å²) in [5, 5.41) is 9.38. The number of carboxylic acids is 1. The van der Waals surface area contributed by atoms with Gasteiger partial charge in [0.15, 0.2) is 0 Å². The van der Waals surface area contributed by atoms with Crippen molar-refractivity contribution in [2.45, 2.75) is 17.7 Å². The van der Waals surface area contributed by atoms with Crippen LogP contribution in [0.15, 0.2) is 53.4 Å². The second-order valence-electron chi connectivity index (χ2n) is 5.65. The standard InChI is InChI=1S/C19H19NO4S/c1-2-24-13-7-9-14(10-8-13)25-12-18(21)20-11-16(19(22)23)15-5-3-4-6-17(15)20/h3-10,16H,2,11-12H2,1H3,(H,22,23). The van der Waals surface area contributed by atoms with Crippen LogP contribution in [0.4, 0.5) is 5.69 Å². The van der Waals surface area contributed by atoms with Gasteiger partial charge in [-0.05, 0) is 42.8 Å². The number of para-hydroxylation sites is 1. The molecule has 1 aliphatic rings. The van der Waals surface area contributed by atoms with Crippen LogP contribution >= 0.6 is 11.8 Å². The number of benzene rings is 2. The number of anilines is 1. The summed E-state index contributed by atoms with van der Waals surface area (Å²) in [6.07, 6.45) is 0. The molecule has 1 N–H and O–H groups in total. The predicted octanol–water partition coefficient (Wildman–Crippen LogP) is 3.39. The van der Waals surface area contributed by atoms with E-state index in [2.05, 4.69) is 0 Å². The summed E-state index contributed by atoms with van der Waals surface area (Å²) >= 11 is 1.43. The number of carboxylic acid groups (broad SMARTS) is 1. The number of fused-ring (bicyclic) bond motifs is 1. The Bertz CT molecular complexity index is 775. The summed E-state index contributed by atoms with van der Waals surface area (Å²) in [7, 11) is 0. The Morgan fingerprint density at radius 3 is 2.60 bits per heavy atom. The van der Waals surface area contributed by atoms with Gasteiger partial charge in [-0.15, -0.1) is 11.8 Å². The van der Waals surface area contributed by atoms with Gasteiger partial charge < -0.3 is 14.7 Å². The van der Waals surface area contributed by atoms with Crippen molar-refractivity contribution in [2.75, 3.05) is 23.8 Å². The third kappa shape index (κ3) is 3.79. The number of thioether (sulfide) groups is 1. The average Bonchev–Trinajstić information content (AvgIpc) is 3.01. The second kappa shape index (κ2) is 7.61. The molecule has 1 aliphatic heterocycles. The lowest BCUT2D eigenvalue weighted by atomic mass is 10.0. The summed E-state index contributed by atoms with van der Waals surface area (Å²) in [4.78, 5) is 26.6. The molecule has 5 nitrogen and oxygen atoms in total. The minimum atomic E-state index is -0.901. The zero-order valence-corrected chi connectivity index (χ0v) is 14.7. The van der Waals surface area contributed by atoms with Gasteiger partial charge in [-0.3, -0.25) is 9.59 Å². The number of ether oxygens (including phenoxy) is 1. The lowest BCUT2D eigenvalue weighted by Gasteiger charge is -2.17. The van der Waals surface area contributed by atoms with E-state index < -0.39 is 11.9 Å². The predicted molar refractivity (Wildman–Crippen MR) is 97.5 cm³/mol. The van der Waals surface area contributed by atoms with Crippen LogP contribution in [0.1, 0.15) is 18.4 Å². The maximum absolute atomic E-state index is 12.6. The molecule has 0 radical (unpaired) electrons. The Morgan fingerprint density at radius 1 is 1.20 bits per heavy atom. The number of aliphatic carboxylic acids is 1. The largest absolute Gasteiger partial charge is 0.494 e. The third-order valence-corrected chi connectivity index (χ3v) is 5.06. The molecule has 25 heavy (non-hydrogen) atoms. The molecule has 0 aliphatic carbocycles. The minimum absolute atomic E-state index is 0.0879. The highest BCUT2D eigenvalue weighted by Crippen LogP contribution is 2.36. The topological polar surface area (TPSA) is 66.8 Å². The molecule has 2 aromatic carbocycles. The van der Waals surface area contributed by atoms with Crippen molar-refractivity contribution in [3.63, 3.8) is 0 Å². The minimum Gasteiger partial charge on any atom is -0.494 e. The Morgan fingerprint density at radius 2 is 1.92 bits per heavy atom. The molecule has 1 unspecified atom stereocenters. The number of carbonyl (C=O) groups is 2. The quantitative estimate of drug-likeness (QED) is 0.803. The van der Waals surface area contributed by atoms with Crippen molar-refractivity contribution in [1.82, 2.24) is 0 Å². The first-order valence-electron chi connectivity index (χ1n) is 8.08. The zero-order valence-electron chi connectivity index (χ0n) is 13.8. The van der Waals surface area contributed by atoms with E-state index >= 15 is 0 Å². The first kappa shape index (κ1) is 17.4. The normalized spacial score (nSPS) is 15.7. The number of hydrogen-bond donors (Lipinski definition) is 1. The molecule has 0 saturated carbocycles. The van der Waals surface area contributed by atoms with Gasteiger partial charge in [-0.2, -0.15) is 0 Å². The lowest BCUT2D eigenvalue weighted by molar-refractivity contribution is -0.138. The number of carbonyl (C=O) groups excluding carboxylic acids is 1. The molecular weight excluding hydrogens is 338 g/mol. The van der Waals surface area contributed by atoms with Gasteiger partial charge in [0, 0.05) is 17.1 Å². The van der Waals surface area contributed by atoms with Crippen LogP contribution in [0.25, 0.3) is 0 Å². The van der Waals surface area contributed by atoms with E-state index in [0.717, 1.165) is 10.6 Å². The highest BCUT2D eigenvalue weighted by Gasteiger charge is 2.36. The Labute approximate surface area is 150 Å². The summed E-state index contributed by atoms with van der Waals surface area (Å²) in [6.45, 7) is 2.74. The lowest BCUT2D eigenvalue weighted by Crippen LogP contribution is -2.32. The summed E-state index contributed by atoms with van der Waals surface area (Å²) < 4.78 is 5.40. The van der Waals surface area contributed by atoms with Gasteiger partial charge in [0.1, 0.15) is 11.7 Å². The maximum atomic E-state index is 12.6. The van der Waals surface area contributed by atoms with E-state index in [1.807, 2.05) is 37.3 Å². The Hall–Kier alpha value is -2.47. The molecule has 3 rings (SSSR count). The fourth-order valence-corrected chi connectivity index (χ4v) is 3.65. The van der Waals surface area contributed by atoms with E-state index in [0.29, 0.717) is 17.9 Å². The molecule has 1 heterocycles. The van der Waals surface area contributed by atoms with Crippen molar-refractivity contribution in [3.8, 4) is 5.75 Å². The average molecular weight is 357 g/mol. The number of hydrogen-bond acceptors (Lipinski definition) is 4. The van der Waals surface area contributed by atoms with Crippen molar-refractivity contribution in [3.05, 3.63) is 54.1 Å². The van der Waals surface area contributed by atoms with Gasteiger partial charge in [-0.1, -0.05) is 18.2 Å². The van der Waals surface area contributed by atoms with Gasteiger partial charge in [0.25, 0.3) is 0 Å². The van der Waals surface area contributed by atoms with Crippen molar-refractivity contribution in [1.29, 1.82) is 0 Å². The van der Waals surface area contributed by atoms with Gasteiger partial charge in [0.05, 0.1) is 12.4 Å². The van der Waals surface area contributed by atoms with Crippen LogP contribution < -0.4 is 9.64 Å². The molecule has 1 atom stereocenters. The van der Waals surface area contributed by atoms with Crippen LogP contribution in [-0.2, 0) is 9.59 Å². The first-order valence-corrected chi connectivity index (χ1v) is 9.06. The van der Waals surface area contributed by atoms with E-state index in [1.165, 1.54) is 11.8 Å². The monoisotopic (exact) mass is 357 g/mol. The van der Waals surface area contributed by atoms with Crippen LogP contribution in [0, 0.1) is 0 Å². The van der Waals surface area contributed by atoms with Gasteiger partial charge >= 0.3 is 5.97 Å². The van der Waals surface area contributed by atoms with Crippen LogP contribution in [0.2, 0.25) is 0 Å². The number of nitrogens with zero attached hydrogens (tertiary/aromatic N) is 1. The summed E-state index contributed by atoms with van der Waals surface area (Å²) in [5.41, 5.74) is 1.40. The van der Waals surface area contributed by atoms with Crippen LogP contribution in [0.3, 0.4) is 0 Å². The molecule has 0 spiro atoms. The smallest absolute Gasteiger partial charge is 0.312 e. The van der Waals surface area contributed by atoms with Crippen LogP contribution in [-0.4, -0.2) is 35.9 Å². The number of amides is 1. The second-order valence-corrected chi connectivity index (χ2v) is 6.70. The van der Waals surface area contributed by atoms with Crippen molar-refractivity contribution < 1.29 is 19.4 Å². The fraction of sp³-hybridized carbons (Fsp3) is 0.263. The first-order chi connectivity index (χ1) is 12.1. The summed E-state index contributed by atoms with van der Waals surface area (Å²) in [5.74, 6) is -0.585. The number of rotatable bonds is 6.